The Morgan fingerprint density at radius 1 is 1.56 bits per heavy atom. The molecule has 1 atom stereocenters. The van der Waals surface area contributed by atoms with E-state index in [2.05, 4.69) is 30.0 Å². The molecule has 3 nitrogen and oxygen atoms in total. The summed E-state index contributed by atoms with van der Waals surface area (Å²) >= 11 is 0. The van der Waals surface area contributed by atoms with E-state index in [-0.39, 0.29) is 18.4 Å². The number of hydrogen-bond acceptors (Lipinski definition) is 3. The van der Waals surface area contributed by atoms with Crippen LogP contribution >= 0.6 is 0 Å². The van der Waals surface area contributed by atoms with Crippen molar-refractivity contribution < 1.29 is 4.79 Å². The van der Waals surface area contributed by atoms with Gasteiger partial charge in [-0.3, -0.25) is 4.79 Å². The Labute approximate surface area is 96.2 Å². The Morgan fingerprint density at radius 3 is 2.94 bits per heavy atom. The highest BCUT2D eigenvalue weighted by Crippen LogP contribution is 2.34. The molecule has 3 heteroatoms. The Balaban J connectivity index is 2.38. The van der Waals surface area contributed by atoms with Gasteiger partial charge in [-0.25, -0.2) is 0 Å². The highest BCUT2D eigenvalue weighted by Gasteiger charge is 2.32. The average molecular weight is 218 g/mol. The second kappa shape index (κ2) is 4.26. The number of para-hydroxylation sites is 1. The predicted molar refractivity (Wildman–Crippen MR) is 65.8 cm³/mol. The van der Waals surface area contributed by atoms with Crippen LogP contribution in [0.5, 0.6) is 0 Å². The van der Waals surface area contributed by atoms with E-state index in [0.29, 0.717) is 0 Å². The summed E-state index contributed by atoms with van der Waals surface area (Å²) in [6, 6.07) is 6.24. The van der Waals surface area contributed by atoms with Crippen LogP contribution < -0.4 is 10.6 Å². The first-order valence-corrected chi connectivity index (χ1v) is 5.75. The minimum Gasteiger partial charge on any atom is -0.364 e. The molecule has 0 saturated heterocycles. The zero-order valence-electron chi connectivity index (χ0n) is 9.86. The van der Waals surface area contributed by atoms with Crippen molar-refractivity contribution >= 4 is 11.5 Å². The van der Waals surface area contributed by atoms with Crippen molar-refractivity contribution in [2.45, 2.75) is 25.8 Å². The molecule has 1 heterocycles. The summed E-state index contributed by atoms with van der Waals surface area (Å²) in [6.45, 7) is 2.27. The number of Topliss-reactive ketones (excluding diaryl/α,β-unsaturated/α-hetero) is 1. The molecule has 1 aliphatic heterocycles. The van der Waals surface area contributed by atoms with Gasteiger partial charge >= 0.3 is 0 Å². The van der Waals surface area contributed by atoms with Crippen LogP contribution in [-0.2, 0) is 17.6 Å². The summed E-state index contributed by atoms with van der Waals surface area (Å²) < 4.78 is 0. The molecule has 0 aromatic heterocycles. The van der Waals surface area contributed by atoms with Gasteiger partial charge in [0.1, 0.15) is 0 Å². The molecule has 2 rings (SSSR count). The van der Waals surface area contributed by atoms with Gasteiger partial charge in [0.15, 0.2) is 5.78 Å². The first-order chi connectivity index (χ1) is 7.69. The third-order valence-electron chi connectivity index (χ3n) is 3.39. The molecular formula is C13H18N2O. The largest absolute Gasteiger partial charge is 0.364 e. The van der Waals surface area contributed by atoms with Crippen molar-refractivity contribution in [3.8, 4) is 0 Å². The summed E-state index contributed by atoms with van der Waals surface area (Å²) in [6.07, 6.45) is 1.80. The van der Waals surface area contributed by atoms with E-state index >= 15 is 0 Å². The van der Waals surface area contributed by atoms with Crippen LogP contribution in [0.3, 0.4) is 0 Å². The standard InChI is InChI=1S/C13H18N2O/c1-3-9-5-4-6-10-7-11(12(16)8-14)15(2)13(9)10/h4-6,11H,3,7-8,14H2,1-2H3. The molecule has 0 saturated carbocycles. The van der Waals surface area contributed by atoms with Crippen molar-refractivity contribution in [2.75, 3.05) is 18.5 Å². The lowest BCUT2D eigenvalue weighted by Gasteiger charge is -2.22. The third-order valence-corrected chi connectivity index (χ3v) is 3.39. The van der Waals surface area contributed by atoms with E-state index in [9.17, 15) is 4.79 Å². The van der Waals surface area contributed by atoms with Crippen LogP contribution in [-0.4, -0.2) is 25.4 Å². The number of aryl methyl sites for hydroxylation is 1. The van der Waals surface area contributed by atoms with Gasteiger partial charge in [0.05, 0.1) is 12.6 Å². The Morgan fingerprint density at radius 2 is 2.31 bits per heavy atom. The number of nitrogens with zero attached hydrogens (tertiary/aromatic N) is 1. The average Bonchev–Trinajstić information content (AvgIpc) is 2.66. The second-order valence-corrected chi connectivity index (χ2v) is 4.28. The summed E-state index contributed by atoms with van der Waals surface area (Å²) in [7, 11) is 1.99. The minimum atomic E-state index is -0.0623. The molecular weight excluding hydrogens is 200 g/mol. The number of carbonyl (C=O) groups is 1. The monoisotopic (exact) mass is 218 g/mol. The van der Waals surface area contributed by atoms with Gasteiger partial charge in [0.2, 0.25) is 0 Å². The van der Waals surface area contributed by atoms with Crippen LogP contribution in [0.2, 0.25) is 0 Å². The van der Waals surface area contributed by atoms with E-state index in [1.54, 1.807) is 0 Å². The Bertz CT molecular complexity index is 414. The predicted octanol–water partition coefficient (Wildman–Crippen LogP) is 1.14. The van der Waals surface area contributed by atoms with E-state index in [1.807, 2.05) is 7.05 Å². The zero-order valence-corrected chi connectivity index (χ0v) is 9.86. The molecule has 0 bridgehead atoms. The van der Waals surface area contributed by atoms with E-state index < -0.39 is 0 Å². The number of rotatable bonds is 3. The lowest BCUT2D eigenvalue weighted by Crippen LogP contribution is -2.39. The fraction of sp³-hybridized carbons (Fsp3) is 0.462. The van der Waals surface area contributed by atoms with Gasteiger partial charge in [-0.2, -0.15) is 0 Å². The van der Waals surface area contributed by atoms with Crippen molar-refractivity contribution in [2.24, 2.45) is 5.73 Å². The van der Waals surface area contributed by atoms with E-state index in [0.717, 1.165) is 12.8 Å². The number of anilines is 1. The maximum Gasteiger partial charge on any atom is 0.169 e. The molecule has 0 fully saturated rings. The number of benzene rings is 1. The van der Waals surface area contributed by atoms with Crippen LogP contribution in [0.15, 0.2) is 18.2 Å². The van der Waals surface area contributed by atoms with Crippen molar-refractivity contribution in [3.63, 3.8) is 0 Å². The van der Waals surface area contributed by atoms with Gasteiger partial charge in [-0.15, -0.1) is 0 Å². The van der Waals surface area contributed by atoms with Crippen LogP contribution in [0.4, 0.5) is 5.69 Å². The lowest BCUT2D eigenvalue weighted by molar-refractivity contribution is -0.118. The smallest absolute Gasteiger partial charge is 0.169 e. The molecule has 1 aromatic rings. The SMILES string of the molecule is CCc1cccc2c1N(C)C(C(=O)CN)C2. The Kier molecular flexibility index (Phi) is 2.97. The van der Waals surface area contributed by atoms with Crippen LogP contribution in [0.1, 0.15) is 18.1 Å². The quantitative estimate of drug-likeness (QED) is 0.827. The third kappa shape index (κ3) is 1.61. The van der Waals surface area contributed by atoms with Crippen molar-refractivity contribution in [1.82, 2.24) is 0 Å². The molecule has 0 spiro atoms. The first-order valence-electron chi connectivity index (χ1n) is 5.75. The normalized spacial score (nSPS) is 18.7. The molecule has 1 aliphatic rings. The number of nitrogens with two attached hydrogens (primary N) is 1. The van der Waals surface area contributed by atoms with Crippen molar-refractivity contribution in [1.29, 1.82) is 0 Å². The van der Waals surface area contributed by atoms with Gasteiger partial charge in [-0.05, 0) is 17.5 Å². The number of hydrogen-bond donors (Lipinski definition) is 1. The number of fused-ring (bicyclic) bond motifs is 1. The van der Waals surface area contributed by atoms with Gasteiger partial charge < -0.3 is 10.6 Å². The Hall–Kier alpha value is -1.35. The topological polar surface area (TPSA) is 46.3 Å². The fourth-order valence-electron chi connectivity index (χ4n) is 2.51. The first kappa shape index (κ1) is 11.1. The maximum atomic E-state index is 11.7. The highest BCUT2D eigenvalue weighted by atomic mass is 16.1. The molecule has 0 amide bonds. The molecule has 86 valence electrons. The number of carbonyl (C=O) groups excluding carboxylic acids is 1. The van der Waals surface area contributed by atoms with Crippen LogP contribution in [0, 0.1) is 0 Å². The van der Waals surface area contributed by atoms with E-state index in [4.69, 9.17) is 5.73 Å². The van der Waals surface area contributed by atoms with Gasteiger partial charge in [0.25, 0.3) is 0 Å². The highest BCUT2D eigenvalue weighted by molar-refractivity contribution is 5.91. The molecule has 1 unspecified atom stereocenters. The molecule has 1 aromatic carbocycles. The summed E-state index contributed by atoms with van der Waals surface area (Å²) in [5.74, 6) is 0.126. The maximum absolute atomic E-state index is 11.7. The summed E-state index contributed by atoms with van der Waals surface area (Å²) in [5, 5.41) is 0. The van der Waals surface area contributed by atoms with E-state index in [1.165, 1.54) is 16.8 Å². The summed E-state index contributed by atoms with van der Waals surface area (Å²) in [4.78, 5) is 13.8. The van der Waals surface area contributed by atoms with Crippen LogP contribution in [0.25, 0.3) is 0 Å². The fourth-order valence-corrected chi connectivity index (χ4v) is 2.51. The van der Waals surface area contributed by atoms with Crippen molar-refractivity contribution in [3.05, 3.63) is 29.3 Å². The minimum absolute atomic E-state index is 0.0623. The molecule has 16 heavy (non-hydrogen) atoms. The zero-order chi connectivity index (χ0) is 11.7. The number of ketones is 1. The number of likely N-dealkylation sites (N-methyl/N-ethyl adjacent to an activating group) is 1. The van der Waals surface area contributed by atoms with Gasteiger partial charge in [-0.1, -0.05) is 25.1 Å². The second-order valence-electron chi connectivity index (χ2n) is 4.28. The molecule has 0 aliphatic carbocycles. The molecule has 2 N–H and O–H groups in total. The van der Waals surface area contributed by atoms with Gasteiger partial charge in [0, 0.05) is 19.2 Å². The summed E-state index contributed by atoms with van der Waals surface area (Å²) in [5.41, 5.74) is 9.26. The lowest BCUT2D eigenvalue weighted by atomic mass is 10.0. The molecule has 0 radical (unpaired) electrons.